The third-order valence-electron chi connectivity index (χ3n) is 4.11. The molecule has 0 aliphatic carbocycles. The molecule has 7 heteroatoms. The van der Waals surface area contributed by atoms with Crippen molar-refractivity contribution in [1.29, 1.82) is 0 Å². The van der Waals surface area contributed by atoms with Gasteiger partial charge in [0.05, 0.1) is 5.75 Å². The van der Waals surface area contributed by atoms with E-state index in [9.17, 15) is 13.2 Å². The minimum absolute atomic E-state index is 0.0375. The Morgan fingerprint density at radius 1 is 1.17 bits per heavy atom. The Morgan fingerprint density at radius 2 is 1.91 bits per heavy atom. The first-order valence-corrected chi connectivity index (χ1v) is 9.50. The number of hydrogen-bond donors (Lipinski definition) is 0. The Labute approximate surface area is 138 Å². The lowest BCUT2D eigenvalue weighted by Gasteiger charge is -2.22. The summed E-state index contributed by atoms with van der Waals surface area (Å²) in [6.07, 6.45) is 0.665. The number of carbonyl (C=O) groups is 1. The fourth-order valence-electron chi connectivity index (χ4n) is 2.66. The number of anilines is 1. The summed E-state index contributed by atoms with van der Waals surface area (Å²) in [7, 11) is 0.679. The maximum Gasteiger partial charge on any atom is 0.253 e. The third-order valence-corrected chi connectivity index (χ3v) is 5.99. The second-order valence-electron chi connectivity index (χ2n) is 5.89. The molecule has 0 radical (unpaired) electrons. The van der Waals surface area contributed by atoms with Crippen LogP contribution < -0.4 is 4.90 Å². The lowest BCUT2D eigenvalue weighted by molar-refractivity contribution is 0.0764. The Morgan fingerprint density at radius 3 is 2.57 bits per heavy atom. The first kappa shape index (κ1) is 17.7. The van der Waals surface area contributed by atoms with Crippen LogP contribution in [0.15, 0.2) is 24.3 Å². The molecule has 128 valence electrons. The lowest BCUT2D eigenvalue weighted by atomic mass is 10.1. The third kappa shape index (κ3) is 4.23. The fourth-order valence-corrected chi connectivity index (χ4v) is 3.79. The zero-order chi connectivity index (χ0) is 17.0. The molecule has 1 fully saturated rings. The van der Waals surface area contributed by atoms with E-state index in [1.54, 1.807) is 17.9 Å². The molecule has 0 N–H and O–H groups in total. The van der Waals surface area contributed by atoms with Gasteiger partial charge in [-0.15, -0.1) is 0 Å². The zero-order valence-electron chi connectivity index (χ0n) is 14.0. The van der Waals surface area contributed by atoms with Gasteiger partial charge in [-0.2, -0.15) is 0 Å². The molecule has 0 spiro atoms. The maximum atomic E-state index is 12.7. The van der Waals surface area contributed by atoms with Gasteiger partial charge in [0.15, 0.2) is 0 Å². The molecule has 1 aliphatic heterocycles. The molecular weight excluding hydrogens is 314 g/mol. The minimum Gasteiger partial charge on any atom is -0.378 e. The molecule has 0 atom stereocenters. The highest BCUT2D eigenvalue weighted by Crippen LogP contribution is 2.17. The number of carbonyl (C=O) groups excluding carboxylic acids is 1. The van der Waals surface area contributed by atoms with Crippen LogP contribution in [0.1, 0.15) is 23.7 Å². The van der Waals surface area contributed by atoms with E-state index in [1.165, 1.54) is 4.31 Å². The Kier molecular flexibility index (Phi) is 5.64. The van der Waals surface area contributed by atoms with Gasteiger partial charge in [0.1, 0.15) is 0 Å². The van der Waals surface area contributed by atoms with Gasteiger partial charge in [-0.3, -0.25) is 4.79 Å². The topological polar surface area (TPSA) is 60.9 Å². The highest BCUT2D eigenvalue weighted by atomic mass is 32.2. The highest BCUT2D eigenvalue weighted by Gasteiger charge is 2.26. The maximum absolute atomic E-state index is 12.7. The van der Waals surface area contributed by atoms with Crippen molar-refractivity contribution in [2.45, 2.75) is 13.3 Å². The quantitative estimate of drug-likeness (QED) is 0.828. The van der Waals surface area contributed by atoms with Crippen LogP contribution in [-0.2, 0) is 10.0 Å². The normalized spacial score (nSPS) is 16.9. The molecule has 0 saturated carbocycles. The smallest absolute Gasteiger partial charge is 0.253 e. The predicted molar refractivity (Wildman–Crippen MR) is 92.3 cm³/mol. The summed E-state index contributed by atoms with van der Waals surface area (Å²) in [5.41, 5.74) is 1.61. The van der Waals surface area contributed by atoms with Crippen LogP contribution in [0.4, 0.5) is 5.69 Å². The summed E-state index contributed by atoms with van der Waals surface area (Å²) in [5.74, 6) is 0.0655. The number of sulfonamides is 1. The Hall–Kier alpha value is -1.60. The Balaban J connectivity index is 2.11. The number of nitrogens with zero attached hydrogens (tertiary/aromatic N) is 3. The molecule has 1 aromatic rings. The van der Waals surface area contributed by atoms with Crippen molar-refractivity contribution < 1.29 is 13.2 Å². The van der Waals surface area contributed by atoms with E-state index < -0.39 is 10.0 Å². The van der Waals surface area contributed by atoms with Gasteiger partial charge in [0.2, 0.25) is 10.0 Å². The molecule has 1 aliphatic rings. The van der Waals surface area contributed by atoms with Crippen LogP contribution in [0.25, 0.3) is 0 Å². The number of rotatable bonds is 4. The molecule has 0 aromatic heterocycles. The van der Waals surface area contributed by atoms with Crippen LogP contribution in [0.3, 0.4) is 0 Å². The second-order valence-corrected chi connectivity index (χ2v) is 8.15. The second kappa shape index (κ2) is 7.31. The van der Waals surface area contributed by atoms with Crippen molar-refractivity contribution in [2.24, 2.45) is 0 Å². The van der Waals surface area contributed by atoms with Gasteiger partial charge < -0.3 is 9.80 Å². The highest BCUT2D eigenvalue weighted by molar-refractivity contribution is 7.89. The van der Waals surface area contributed by atoms with Gasteiger partial charge in [-0.05, 0) is 31.5 Å². The molecular formula is C16H25N3O3S. The largest absolute Gasteiger partial charge is 0.378 e. The summed E-state index contributed by atoms with van der Waals surface area (Å²) in [6.45, 7) is 3.52. The van der Waals surface area contributed by atoms with Gasteiger partial charge in [-0.25, -0.2) is 12.7 Å². The van der Waals surface area contributed by atoms with E-state index >= 15 is 0 Å². The summed E-state index contributed by atoms with van der Waals surface area (Å²) in [4.78, 5) is 16.4. The predicted octanol–water partition coefficient (Wildman–Crippen LogP) is 1.25. The fraction of sp³-hybridized carbons (Fsp3) is 0.562. The van der Waals surface area contributed by atoms with Crippen LogP contribution >= 0.6 is 0 Å². The molecule has 1 amide bonds. The van der Waals surface area contributed by atoms with Crippen LogP contribution in [0.5, 0.6) is 0 Å². The summed E-state index contributed by atoms with van der Waals surface area (Å²) < 4.78 is 25.5. The Bertz CT molecular complexity index is 658. The van der Waals surface area contributed by atoms with Crippen molar-refractivity contribution in [3.05, 3.63) is 29.8 Å². The molecule has 1 aromatic carbocycles. The molecule has 0 unspecified atom stereocenters. The number of amides is 1. The first-order valence-electron chi connectivity index (χ1n) is 7.89. The van der Waals surface area contributed by atoms with Gasteiger partial charge >= 0.3 is 0 Å². The van der Waals surface area contributed by atoms with E-state index in [0.29, 0.717) is 38.2 Å². The number of hydrogen-bond acceptors (Lipinski definition) is 4. The van der Waals surface area contributed by atoms with Crippen LogP contribution in [0.2, 0.25) is 0 Å². The summed E-state index contributed by atoms with van der Waals surface area (Å²) in [5, 5.41) is 0. The average Bonchev–Trinajstić information content (AvgIpc) is 2.80. The SMILES string of the molecule is CCS(=O)(=O)N1CCCN(C(=O)c2cccc(N(C)C)c2)CC1. The minimum atomic E-state index is -3.19. The average molecular weight is 339 g/mol. The van der Waals surface area contributed by atoms with E-state index in [1.807, 2.05) is 37.2 Å². The van der Waals surface area contributed by atoms with Gasteiger partial charge in [0, 0.05) is 51.5 Å². The summed E-state index contributed by atoms with van der Waals surface area (Å²) >= 11 is 0. The molecule has 1 saturated heterocycles. The molecule has 2 rings (SSSR count). The van der Waals surface area contributed by atoms with E-state index in [4.69, 9.17) is 0 Å². The van der Waals surface area contributed by atoms with Crippen LogP contribution in [-0.4, -0.2) is 69.6 Å². The monoisotopic (exact) mass is 339 g/mol. The van der Waals surface area contributed by atoms with Gasteiger partial charge in [0.25, 0.3) is 5.91 Å². The first-order chi connectivity index (χ1) is 10.8. The number of benzene rings is 1. The standard InChI is InChI=1S/C16H25N3O3S/c1-4-23(21,22)19-10-6-9-18(11-12-19)16(20)14-7-5-8-15(13-14)17(2)3/h5,7-8,13H,4,6,9-12H2,1-3H3. The summed E-state index contributed by atoms with van der Waals surface area (Å²) in [6, 6.07) is 7.50. The van der Waals surface area contributed by atoms with E-state index in [2.05, 4.69) is 0 Å². The van der Waals surface area contributed by atoms with Crippen molar-refractivity contribution in [3.63, 3.8) is 0 Å². The van der Waals surface area contributed by atoms with Crippen molar-refractivity contribution in [3.8, 4) is 0 Å². The van der Waals surface area contributed by atoms with Crippen molar-refractivity contribution in [1.82, 2.24) is 9.21 Å². The molecule has 6 nitrogen and oxygen atoms in total. The molecule has 0 bridgehead atoms. The van der Waals surface area contributed by atoms with Gasteiger partial charge in [-0.1, -0.05) is 6.07 Å². The molecule has 23 heavy (non-hydrogen) atoms. The van der Waals surface area contributed by atoms with Crippen molar-refractivity contribution >= 4 is 21.6 Å². The van der Waals surface area contributed by atoms with E-state index in [0.717, 1.165) is 5.69 Å². The zero-order valence-corrected chi connectivity index (χ0v) is 14.8. The lowest BCUT2D eigenvalue weighted by Crippen LogP contribution is -2.38. The molecule has 1 heterocycles. The van der Waals surface area contributed by atoms with Crippen molar-refractivity contribution in [2.75, 3.05) is 50.9 Å². The van der Waals surface area contributed by atoms with E-state index in [-0.39, 0.29) is 11.7 Å². The van der Waals surface area contributed by atoms with Crippen LogP contribution in [0, 0.1) is 0 Å².